The molecule has 0 atom stereocenters. The number of nitriles is 1. The Hall–Kier alpha value is -2.40. The highest BCUT2D eigenvalue weighted by Crippen LogP contribution is 2.37. The maximum atomic E-state index is 12.7. The molecule has 162 valence electrons. The van der Waals surface area contributed by atoms with Crippen LogP contribution in [0.25, 0.3) is 0 Å². The number of amides is 2. The van der Waals surface area contributed by atoms with E-state index in [2.05, 4.69) is 11.4 Å². The highest BCUT2D eigenvalue weighted by molar-refractivity contribution is 7.16. The molecule has 2 aliphatic rings. The number of hydrogen-bond acceptors (Lipinski definition) is 5. The van der Waals surface area contributed by atoms with Gasteiger partial charge < -0.3 is 10.2 Å². The van der Waals surface area contributed by atoms with Gasteiger partial charge in [0, 0.05) is 31.1 Å². The number of hydrogen-bond donors (Lipinski definition) is 1. The molecule has 1 aromatic heterocycles. The highest BCUT2D eigenvalue weighted by Gasteiger charge is 2.25. The van der Waals surface area contributed by atoms with Gasteiger partial charge in [-0.1, -0.05) is 30.2 Å². The predicted octanol–water partition coefficient (Wildman–Crippen LogP) is 3.94. The van der Waals surface area contributed by atoms with Crippen LogP contribution in [-0.2, 0) is 17.6 Å². The van der Waals surface area contributed by atoms with Crippen molar-refractivity contribution in [1.82, 2.24) is 9.80 Å². The Morgan fingerprint density at radius 1 is 1.10 bits per heavy atom. The molecule has 1 aliphatic heterocycles. The summed E-state index contributed by atoms with van der Waals surface area (Å²) in [5, 5.41) is 13.7. The smallest absolute Gasteiger partial charge is 0.255 e. The van der Waals surface area contributed by atoms with Crippen LogP contribution in [0.15, 0.2) is 24.3 Å². The molecule has 1 saturated heterocycles. The largest absolute Gasteiger partial charge is 0.336 e. The summed E-state index contributed by atoms with van der Waals surface area (Å²) < 4.78 is 0. The SMILES string of the molecule is N#Cc1c(NC(=O)CN2CCN(C(=O)c3ccccc3Cl)CC2)sc2c1CCCCC2. The van der Waals surface area contributed by atoms with Crippen LogP contribution < -0.4 is 5.32 Å². The van der Waals surface area contributed by atoms with Crippen LogP contribution in [0.1, 0.15) is 45.6 Å². The number of nitrogens with zero attached hydrogens (tertiary/aromatic N) is 3. The maximum absolute atomic E-state index is 12.7. The van der Waals surface area contributed by atoms with Crippen molar-refractivity contribution in [2.45, 2.75) is 32.1 Å². The van der Waals surface area contributed by atoms with Crippen molar-refractivity contribution in [3.63, 3.8) is 0 Å². The summed E-state index contributed by atoms with van der Waals surface area (Å²) in [6.07, 6.45) is 5.35. The van der Waals surface area contributed by atoms with Crippen LogP contribution in [-0.4, -0.2) is 54.3 Å². The van der Waals surface area contributed by atoms with Gasteiger partial charge in [-0.05, 0) is 43.4 Å². The van der Waals surface area contributed by atoms with E-state index in [1.165, 1.54) is 11.3 Å². The minimum atomic E-state index is -0.112. The first-order valence-electron chi connectivity index (χ1n) is 10.7. The van der Waals surface area contributed by atoms with Gasteiger partial charge >= 0.3 is 0 Å². The molecule has 2 amide bonds. The zero-order valence-corrected chi connectivity index (χ0v) is 18.9. The molecule has 2 heterocycles. The zero-order valence-electron chi connectivity index (χ0n) is 17.3. The number of carbonyl (C=O) groups is 2. The lowest BCUT2D eigenvalue weighted by Crippen LogP contribution is -2.50. The van der Waals surface area contributed by atoms with Crippen molar-refractivity contribution >= 4 is 39.8 Å². The van der Waals surface area contributed by atoms with Crippen molar-refractivity contribution in [2.75, 3.05) is 38.0 Å². The lowest BCUT2D eigenvalue weighted by Gasteiger charge is -2.34. The molecule has 1 aromatic carbocycles. The van der Waals surface area contributed by atoms with Crippen LogP contribution in [0.5, 0.6) is 0 Å². The molecule has 1 aliphatic carbocycles. The average molecular weight is 457 g/mol. The van der Waals surface area contributed by atoms with Crippen LogP contribution in [0.3, 0.4) is 0 Å². The number of nitrogens with one attached hydrogen (secondary N) is 1. The minimum Gasteiger partial charge on any atom is -0.336 e. The van der Waals surface area contributed by atoms with Crippen molar-refractivity contribution in [3.8, 4) is 6.07 Å². The van der Waals surface area contributed by atoms with Crippen LogP contribution in [0.4, 0.5) is 5.00 Å². The molecule has 0 unspecified atom stereocenters. The van der Waals surface area contributed by atoms with E-state index < -0.39 is 0 Å². The third-order valence-corrected chi connectivity index (χ3v) is 7.45. The molecule has 2 aromatic rings. The number of anilines is 1. The molecular formula is C23H25ClN4O2S. The van der Waals surface area contributed by atoms with E-state index in [9.17, 15) is 14.9 Å². The lowest BCUT2D eigenvalue weighted by molar-refractivity contribution is -0.117. The monoisotopic (exact) mass is 456 g/mol. The number of fused-ring (bicyclic) bond motifs is 1. The standard InChI is InChI=1S/C23H25ClN4O2S/c24-19-8-5-4-7-17(19)23(30)28-12-10-27(11-13-28)15-21(29)26-22-18(14-25)16-6-2-1-3-9-20(16)31-22/h4-5,7-8H,1-3,6,9-13,15H2,(H,26,29). The number of halogens is 1. The van der Waals surface area contributed by atoms with Gasteiger partial charge in [0.25, 0.3) is 5.91 Å². The van der Waals surface area contributed by atoms with Gasteiger partial charge in [0.2, 0.25) is 5.91 Å². The van der Waals surface area contributed by atoms with Crippen LogP contribution in [0.2, 0.25) is 5.02 Å². The number of thiophene rings is 1. The van der Waals surface area contributed by atoms with Gasteiger partial charge in [-0.15, -0.1) is 11.3 Å². The van der Waals surface area contributed by atoms with Gasteiger partial charge in [0.05, 0.1) is 22.7 Å². The van der Waals surface area contributed by atoms with E-state index in [1.807, 2.05) is 4.90 Å². The Kier molecular flexibility index (Phi) is 6.91. The highest BCUT2D eigenvalue weighted by atomic mass is 35.5. The summed E-state index contributed by atoms with van der Waals surface area (Å²) in [5.74, 6) is -0.188. The molecule has 8 heteroatoms. The lowest BCUT2D eigenvalue weighted by atomic mass is 10.1. The first-order valence-corrected chi connectivity index (χ1v) is 11.9. The van der Waals surface area contributed by atoms with Gasteiger partial charge in [0.15, 0.2) is 0 Å². The Labute approximate surface area is 191 Å². The Bertz CT molecular complexity index is 1020. The van der Waals surface area contributed by atoms with Gasteiger partial charge in [-0.3, -0.25) is 14.5 Å². The number of benzene rings is 1. The van der Waals surface area contributed by atoms with Gasteiger partial charge in [0.1, 0.15) is 11.1 Å². The van der Waals surface area contributed by atoms with E-state index in [4.69, 9.17) is 11.6 Å². The van der Waals surface area contributed by atoms with Crippen molar-refractivity contribution in [1.29, 1.82) is 5.26 Å². The molecule has 4 rings (SSSR count). The fourth-order valence-corrected chi connectivity index (χ4v) is 5.70. The quantitative estimate of drug-likeness (QED) is 0.707. The zero-order chi connectivity index (χ0) is 21.8. The van der Waals surface area contributed by atoms with E-state index in [-0.39, 0.29) is 18.4 Å². The average Bonchev–Trinajstić information content (AvgIpc) is 2.92. The normalized spacial score (nSPS) is 16.8. The van der Waals surface area contributed by atoms with E-state index >= 15 is 0 Å². The third kappa shape index (κ3) is 4.93. The Balaban J connectivity index is 1.32. The fraction of sp³-hybridized carbons (Fsp3) is 0.435. The van der Waals surface area contributed by atoms with E-state index in [1.54, 1.807) is 40.5 Å². The molecule has 1 fully saturated rings. The van der Waals surface area contributed by atoms with Gasteiger partial charge in [-0.2, -0.15) is 5.26 Å². The third-order valence-electron chi connectivity index (χ3n) is 5.92. The first kappa shape index (κ1) is 21.8. The minimum absolute atomic E-state index is 0.0755. The van der Waals surface area contributed by atoms with Crippen LogP contribution in [0, 0.1) is 11.3 Å². The molecule has 31 heavy (non-hydrogen) atoms. The summed E-state index contributed by atoms with van der Waals surface area (Å²) >= 11 is 7.71. The molecule has 0 bridgehead atoms. The second-order valence-corrected chi connectivity index (χ2v) is 9.49. The van der Waals surface area contributed by atoms with E-state index in [0.717, 1.165) is 31.2 Å². The Morgan fingerprint density at radius 3 is 2.58 bits per heavy atom. The number of aryl methyl sites for hydroxylation is 1. The van der Waals surface area contributed by atoms with E-state index in [0.29, 0.717) is 47.3 Å². The van der Waals surface area contributed by atoms with Crippen LogP contribution >= 0.6 is 22.9 Å². The maximum Gasteiger partial charge on any atom is 0.255 e. The molecule has 6 nitrogen and oxygen atoms in total. The number of piperazine rings is 1. The van der Waals surface area contributed by atoms with Crippen molar-refractivity contribution in [3.05, 3.63) is 50.9 Å². The Morgan fingerprint density at radius 2 is 1.84 bits per heavy atom. The summed E-state index contributed by atoms with van der Waals surface area (Å²) in [5.41, 5.74) is 2.29. The second-order valence-electron chi connectivity index (χ2n) is 7.98. The van der Waals surface area contributed by atoms with Crippen molar-refractivity contribution < 1.29 is 9.59 Å². The van der Waals surface area contributed by atoms with Crippen molar-refractivity contribution in [2.24, 2.45) is 0 Å². The summed E-state index contributed by atoms with van der Waals surface area (Å²) in [7, 11) is 0. The summed E-state index contributed by atoms with van der Waals surface area (Å²) in [6, 6.07) is 9.37. The second kappa shape index (κ2) is 9.82. The fourth-order valence-electron chi connectivity index (χ4n) is 4.23. The molecule has 0 saturated carbocycles. The summed E-state index contributed by atoms with van der Waals surface area (Å²) in [4.78, 5) is 30.4. The molecule has 1 N–H and O–H groups in total. The molecule has 0 spiro atoms. The molecular weight excluding hydrogens is 432 g/mol. The number of rotatable bonds is 4. The predicted molar refractivity (Wildman–Crippen MR) is 123 cm³/mol. The van der Waals surface area contributed by atoms with Gasteiger partial charge in [-0.25, -0.2) is 0 Å². The topological polar surface area (TPSA) is 76.4 Å². The number of carbonyl (C=O) groups excluding carboxylic acids is 2. The first-order chi connectivity index (χ1) is 15.1. The summed E-state index contributed by atoms with van der Waals surface area (Å²) in [6.45, 7) is 2.59. The molecule has 0 radical (unpaired) electrons.